The Morgan fingerprint density at radius 2 is 0.932 bits per heavy atom. The Morgan fingerprint density at radius 3 is 1.71 bits per heavy atom. The Hall–Kier alpha value is -7.46. The number of para-hydroxylation sites is 1. The fourth-order valence-electron chi connectivity index (χ4n) is 9.73. The van der Waals surface area contributed by atoms with Gasteiger partial charge in [-0.2, -0.15) is 0 Å². The molecule has 2 nitrogen and oxygen atoms in total. The Balaban J connectivity index is 1.22. The van der Waals surface area contributed by atoms with Gasteiger partial charge in [-0.25, -0.2) is 0 Å². The van der Waals surface area contributed by atoms with E-state index >= 15 is 0 Å². The van der Waals surface area contributed by atoms with Crippen molar-refractivity contribution >= 4 is 96.7 Å². The topological polar surface area (TPSA) is 26.3 Å². The number of thiophene rings is 1. The van der Waals surface area contributed by atoms with Crippen LogP contribution in [0.5, 0.6) is 0 Å². The predicted octanol–water partition coefficient (Wildman–Crippen LogP) is 16.8. The van der Waals surface area contributed by atoms with Crippen molar-refractivity contribution in [2.45, 2.75) is 0 Å². The van der Waals surface area contributed by atoms with Crippen molar-refractivity contribution < 1.29 is 8.83 Å². The first-order valence-electron chi connectivity index (χ1n) is 20.1. The van der Waals surface area contributed by atoms with Gasteiger partial charge in [-0.05, 0) is 79.3 Å². The molecule has 0 aliphatic heterocycles. The average Bonchev–Trinajstić information content (AvgIpc) is 3.99. The third-order valence-electron chi connectivity index (χ3n) is 12.2. The second-order valence-electron chi connectivity index (χ2n) is 15.5. The highest BCUT2D eigenvalue weighted by Crippen LogP contribution is 2.54. The van der Waals surface area contributed by atoms with Gasteiger partial charge in [0.25, 0.3) is 0 Å². The zero-order chi connectivity index (χ0) is 38.6. The lowest BCUT2D eigenvalue weighted by atomic mass is 9.84. The molecule has 3 heterocycles. The van der Waals surface area contributed by atoms with Crippen LogP contribution in [-0.4, -0.2) is 0 Å². The van der Waals surface area contributed by atoms with Gasteiger partial charge >= 0.3 is 0 Å². The SMILES string of the molecule is c1ccc(-c2c(-c3ccc4ccccc4c3)oc3c(-c4c5ccccc5c(-c5cccc6sc7ccccc7c56)c5ccccc45)c4oc5ccccc5c4cc23)cc1. The molecule has 3 aromatic heterocycles. The minimum absolute atomic E-state index is 0.813. The van der Waals surface area contributed by atoms with E-state index in [-0.39, 0.29) is 0 Å². The van der Waals surface area contributed by atoms with Crippen molar-refractivity contribution in [2.75, 3.05) is 0 Å². The van der Waals surface area contributed by atoms with Crippen LogP contribution in [0.15, 0.2) is 203 Å². The van der Waals surface area contributed by atoms with E-state index in [1.807, 2.05) is 11.3 Å². The van der Waals surface area contributed by atoms with Crippen LogP contribution in [-0.2, 0) is 0 Å². The molecule has 0 atom stereocenters. The molecule has 0 radical (unpaired) electrons. The molecule has 0 aliphatic rings. The van der Waals surface area contributed by atoms with E-state index in [0.717, 1.165) is 77.3 Å². The van der Waals surface area contributed by atoms with E-state index in [1.54, 1.807) is 0 Å². The lowest BCUT2D eigenvalue weighted by molar-refractivity contribution is 0.630. The van der Waals surface area contributed by atoms with Gasteiger partial charge in [-0.1, -0.05) is 164 Å². The fraction of sp³-hybridized carbons (Fsp3) is 0. The molecular weight excluding hydrogens is 737 g/mol. The zero-order valence-electron chi connectivity index (χ0n) is 31.7. The van der Waals surface area contributed by atoms with E-state index < -0.39 is 0 Å². The largest absolute Gasteiger partial charge is 0.455 e. The Morgan fingerprint density at radius 1 is 0.322 bits per heavy atom. The van der Waals surface area contributed by atoms with Crippen LogP contribution in [0.2, 0.25) is 0 Å². The minimum Gasteiger partial charge on any atom is -0.455 e. The summed E-state index contributed by atoms with van der Waals surface area (Å²) < 4.78 is 17.0. The Kier molecular flexibility index (Phi) is 6.92. The van der Waals surface area contributed by atoms with Crippen LogP contribution in [0, 0.1) is 0 Å². The molecule has 274 valence electrons. The monoisotopic (exact) mass is 768 g/mol. The standard InChI is InChI=1S/C56H32O2S/c1-2-16-34(17-3-1)49-45-32-44-37-19-10-12-26-46(37)57-55(44)53(56(45)58-54(49)36-30-29-33-15-4-5-18-35(33)31-36)52-40-22-8-6-20-38(40)50(39-21-7-9-23-41(39)52)43-25-14-28-48-51(43)42-24-11-13-27-47(42)59-48/h1-32H. The van der Waals surface area contributed by atoms with Gasteiger partial charge in [0, 0.05) is 53.0 Å². The van der Waals surface area contributed by atoms with Crippen LogP contribution >= 0.6 is 11.3 Å². The Labute approximate surface area is 342 Å². The first-order chi connectivity index (χ1) is 29.3. The fourth-order valence-corrected chi connectivity index (χ4v) is 10.9. The maximum Gasteiger partial charge on any atom is 0.147 e. The summed E-state index contributed by atoms with van der Waals surface area (Å²) >= 11 is 1.86. The number of hydrogen-bond donors (Lipinski definition) is 0. The highest BCUT2D eigenvalue weighted by molar-refractivity contribution is 7.26. The highest BCUT2D eigenvalue weighted by Gasteiger charge is 2.28. The summed E-state index contributed by atoms with van der Waals surface area (Å²) in [4.78, 5) is 0. The summed E-state index contributed by atoms with van der Waals surface area (Å²) in [5.41, 5.74) is 10.3. The summed E-state index contributed by atoms with van der Waals surface area (Å²) in [6, 6.07) is 70.0. The smallest absolute Gasteiger partial charge is 0.147 e. The van der Waals surface area contributed by atoms with Crippen LogP contribution in [0.25, 0.3) is 130 Å². The van der Waals surface area contributed by atoms with Gasteiger partial charge in [0.05, 0.1) is 5.56 Å². The lowest BCUT2D eigenvalue weighted by Crippen LogP contribution is -1.92. The molecule has 0 saturated heterocycles. The molecule has 0 saturated carbocycles. The molecule has 3 heteroatoms. The molecule has 10 aromatic carbocycles. The maximum atomic E-state index is 7.43. The van der Waals surface area contributed by atoms with Gasteiger partial charge in [0.1, 0.15) is 22.5 Å². The third kappa shape index (κ3) is 4.74. The first kappa shape index (κ1) is 32.6. The molecule has 0 aliphatic carbocycles. The van der Waals surface area contributed by atoms with Gasteiger partial charge in [0.15, 0.2) is 0 Å². The van der Waals surface area contributed by atoms with Gasteiger partial charge in [0.2, 0.25) is 0 Å². The third-order valence-corrected chi connectivity index (χ3v) is 13.4. The summed E-state index contributed by atoms with van der Waals surface area (Å²) in [6.07, 6.45) is 0. The summed E-state index contributed by atoms with van der Waals surface area (Å²) in [6.45, 7) is 0. The van der Waals surface area contributed by atoms with Crippen LogP contribution in [0.3, 0.4) is 0 Å². The van der Waals surface area contributed by atoms with Gasteiger partial charge in [-0.15, -0.1) is 11.3 Å². The molecule has 0 N–H and O–H groups in total. The molecule has 0 fully saturated rings. The molecule has 0 amide bonds. The van der Waals surface area contributed by atoms with Crippen molar-refractivity contribution in [3.8, 4) is 44.7 Å². The number of rotatable bonds is 4. The average molecular weight is 769 g/mol. The van der Waals surface area contributed by atoms with Crippen LogP contribution < -0.4 is 0 Å². The minimum atomic E-state index is 0.813. The van der Waals surface area contributed by atoms with E-state index in [0.29, 0.717) is 0 Å². The van der Waals surface area contributed by atoms with E-state index in [2.05, 4.69) is 194 Å². The second kappa shape index (κ2) is 12.5. The molecular formula is C56H32O2S. The summed E-state index contributed by atoms with van der Waals surface area (Å²) in [7, 11) is 0. The van der Waals surface area contributed by atoms with E-state index in [1.165, 1.54) is 52.8 Å². The van der Waals surface area contributed by atoms with E-state index in [4.69, 9.17) is 8.83 Å². The number of furan rings is 2. The quantitative estimate of drug-likeness (QED) is 0.167. The molecule has 0 unspecified atom stereocenters. The van der Waals surface area contributed by atoms with Gasteiger partial charge in [-0.3, -0.25) is 0 Å². The van der Waals surface area contributed by atoms with E-state index in [9.17, 15) is 0 Å². The van der Waals surface area contributed by atoms with Crippen molar-refractivity contribution in [3.05, 3.63) is 194 Å². The highest BCUT2D eigenvalue weighted by atomic mass is 32.1. The predicted molar refractivity (Wildman–Crippen MR) is 251 cm³/mol. The molecule has 59 heavy (non-hydrogen) atoms. The van der Waals surface area contributed by atoms with Crippen molar-refractivity contribution in [2.24, 2.45) is 0 Å². The lowest BCUT2D eigenvalue weighted by Gasteiger charge is -2.18. The molecule has 13 aromatic rings. The molecule has 13 rings (SSSR count). The second-order valence-corrected chi connectivity index (χ2v) is 16.5. The van der Waals surface area contributed by atoms with Gasteiger partial charge < -0.3 is 8.83 Å². The summed E-state index contributed by atoms with van der Waals surface area (Å²) in [5.74, 6) is 0.844. The summed E-state index contributed by atoms with van der Waals surface area (Å²) in [5, 5.41) is 12.8. The number of hydrogen-bond acceptors (Lipinski definition) is 3. The Bertz CT molecular complexity index is 3790. The first-order valence-corrected chi connectivity index (χ1v) is 20.9. The van der Waals surface area contributed by atoms with Crippen molar-refractivity contribution in [1.82, 2.24) is 0 Å². The maximum absolute atomic E-state index is 7.43. The van der Waals surface area contributed by atoms with Crippen molar-refractivity contribution in [3.63, 3.8) is 0 Å². The normalized spacial score (nSPS) is 12.1. The van der Waals surface area contributed by atoms with Crippen LogP contribution in [0.1, 0.15) is 0 Å². The molecule has 0 spiro atoms. The zero-order valence-corrected chi connectivity index (χ0v) is 32.5. The number of benzene rings is 10. The van der Waals surface area contributed by atoms with Crippen molar-refractivity contribution in [1.29, 1.82) is 0 Å². The number of fused-ring (bicyclic) bond motifs is 10. The van der Waals surface area contributed by atoms with Crippen LogP contribution in [0.4, 0.5) is 0 Å². The molecule has 0 bridgehead atoms.